The Morgan fingerprint density at radius 1 is 1.17 bits per heavy atom. The van der Waals surface area contributed by atoms with Crippen LogP contribution in [0, 0.1) is 28.4 Å². The maximum absolute atomic E-state index is 15.9. The number of nitriles is 1. The number of carbonyl (C=O) groups excluding carboxylic acids is 2. The highest BCUT2D eigenvalue weighted by atomic mass is 35.5. The minimum absolute atomic E-state index is 0.0168. The van der Waals surface area contributed by atoms with Crippen molar-refractivity contribution in [2.75, 3.05) is 45.9 Å². The average Bonchev–Trinajstić information content (AvgIpc) is 3.31. The quantitative estimate of drug-likeness (QED) is 0.302. The molecule has 0 spiro atoms. The number of piperazine rings is 1. The number of amides is 2. The summed E-state index contributed by atoms with van der Waals surface area (Å²) in [5, 5.41) is 35.5. The van der Waals surface area contributed by atoms with Gasteiger partial charge in [0.15, 0.2) is 0 Å². The van der Waals surface area contributed by atoms with Gasteiger partial charge in [-0.15, -0.1) is 0 Å². The van der Waals surface area contributed by atoms with Crippen LogP contribution in [-0.2, 0) is 15.0 Å². The first-order valence-electron chi connectivity index (χ1n) is 15.3. The molecule has 2 fully saturated rings. The number of hydrogen-bond acceptors (Lipinski definition) is 7. The predicted octanol–water partition coefficient (Wildman–Crippen LogP) is 3.60. The van der Waals surface area contributed by atoms with Crippen LogP contribution in [0.1, 0.15) is 50.7 Å². The van der Waals surface area contributed by atoms with Crippen molar-refractivity contribution in [3.8, 4) is 6.07 Å². The Bertz CT molecular complexity index is 1460. The summed E-state index contributed by atoms with van der Waals surface area (Å²) in [7, 11) is 0. The van der Waals surface area contributed by atoms with Crippen molar-refractivity contribution in [3.05, 3.63) is 69.2 Å². The molecule has 4 rings (SSSR count). The predicted molar refractivity (Wildman–Crippen MR) is 171 cm³/mol. The highest BCUT2D eigenvalue weighted by Gasteiger charge is 2.61. The Hall–Kier alpha value is -2.85. The summed E-state index contributed by atoms with van der Waals surface area (Å²) < 4.78 is 31.7. The molecular formula is C33H41Cl2F2N5O4. The molecule has 0 radical (unpaired) electrons. The Morgan fingerprint density at radius 3 is 2.48 bits per heavy atom. The topological polar surface area (TPSA) is 129 Å². The van der Waals surface area contributed by atoms with Crippen LogP contribution in [0.2, 0.25) is 10.0 Å². The number of nitrogens with zero attached hydrogens (tertiary/aromatic N) is 3. The van der Waals surface area contributed by atoms with E-state index in [9.17, 15) is 20.0 Å². The maximum Gasteiger partial charge on any atom is 0.240 e. The van der Waals surface area contributed by atoms with Gasteiger partial charge in [0.05, 0.1) is 36.4 Å². The fourth-order valence-electron chi connectivity index (χ4n) is 6.60. The van der Waals surface area contributed by atoms with Gasteiger partial charge in [0.25, 0.3) is 0 Å². The largest absolute Gasteiger partial charge is 0.394 e. The lowest BCUT2D eigenvalue weighted by Gasteiger charge is -2.38. The van der Waals surface area contributed by atoms with Crippen molar-refractivity contribution in [1.29, 1.82) is 5.26 Å². The van der Waals surface area contributed by atoms with Gasteiger partial charge in [0, 0.05) is 55.3 Å². The highest BCUT2D eigenvalue weighted by molar-refractivity contribution is 6.31. The van der Waals surface area contributed by atoms with Crippen LogP contribution >= 0.6 is 23.2 Å². The molecule has 2 saturated heterocycles. The van der Waals surface area contributed by atoms with Crippen LogP contribution in [0.4, 0.5) is 8.78 Å². The average molecular weight is 681 g/mol. The van der Waals surface area contributed by atoms with E-state index in [0.717, 1.165) is 6.07 Å². The van der Waals surface area contributed by atoms with E-state index in [4.69, 9.17) is 28.3 Å². The molecule has 4 N–H and O–H groups in total. The number of aliphatic hydroxyl groups is 2. The standard InChI is InChI=1S/C33H41Cl2F2N5O4/c1-32(2,3)16-26-33(19-38,23-8-7-20(34)15-25(23)36)28(22-5-4-6-24(35)29(22)37)30(40-26)31(46)42-13-11-41(12-14-42)17-27(45)39-10-9-21(44)18-43/h4-8,15,21,26,28,30,40,43-44H,9-14,16-18H2,1-3H3,(H,39,45)/t21-,26-,28-,30+,33-/m0/s1. The lowest BCUT2D eigenvalue weighted by atomic mass is 9.62. The first-order valence-corrected chi connectivity index (χ1v) is 16.1. The zero-order chi connectivity index (χ0) is 33.8. The van der Waals surface area contributed by atoms with Crippen LogP contribution in [0.5, 0.6) is 0 Å². The molecule has 2 aliphatic rings. The Kier molecular flexibility index (Phi) is 11.7. The Labute approximate surface area is 278 Å². The van der Waals surface area contributed by atoms with E-state index in [2.05, 4.69) is 16.7 Å². The van der Waals surface area contributed by atoms with Crippen LogP contribution in [-0.4, -0.2) is 95.9 Å². The van der Waals surface area contributed by atoms with Crippen molar-refractivity contribution >= 4 is 35.0 Å². The van der Waals surface area contributed by atoms with Gasteiger partial charge < -0.3 is 25.7 Å². The molecule has 5 atom stereocenters. The molecule has 2 aromatic carbocycles. The minimum Gasteiger partial charge on any atom is -0.394 e. The molecule has 250 valence electrons. The van der Waals surface area contributed by atoms with E-state index < -0.39 is 41.2 Å². The fourth-order valence-corrected chi connectivity index (χ4v) is 6.94. The summed E-state index contributed by atoms with van der Waals surface area (Å²) in [6.45, 7) is 7.19. The summed E-state index contributed by atoms with van der Waals surface area (Å²) in [6.07, 6.45) is -0.307. The molecule has 0 saturated carbocycles. The van der Waals surface area contributed by atoms with E-state index in [0.29, 0.717) is 19.5 Å². The zero-order valence-electron chi connectivity index (χ0n) is 26.2. The van der Waals surface area contributed by atoms with Crippen molar-refractivity contribution in [2.24, 2.45) is 5.41 Å². The number of aliphatic hydroxyl groups excluding tert-OH is 2. The smallest absolute Gasteiger partial charge is 0.240 e. The van der Waals surface area contributed by atoms with Crippen LogP contribution < -0.4 is 10.6 Å². The summed E-state index contributed by atoms with van der Waals surface area (Å²) in [4.78, 5) is 30.3. The molecule has 9 nitrogen and oxygen atoms in total. The SMILES string of the molecule is CC(C)(C)C[C@@H]1N[C@@H](C(=O)N2CCN(CC(=O)NCC[C@H](O)CO)CC2)[C@H](c2cccc(Cl)c2F)[C@@]1(C#N)c1ccc(Cl)cc1F. The molecule has 0 unspecified atom stereocenters. The number of rotatable bonds is 10. The third kappa shape index (κ3) is 7.81. The number of hydrogen-bond donors (Lipinski definition) is 4. The van der Waals surface area contributed by atoms with E-state index in [1.807, 2.05) is 25.7 Å². The van der Waals surface area contributed by atoms with Gasteiger partial charge in [-0.3, -0.25) is 14.5 Å². The van der Waals surface area contributed by atoms with Gasteiger partial charge in [-0.1, -0.05) is 62.2 Å². The molecule has 2 heterocycles. The summed E-state index contributed by atoms with van der Waals surface area (Å²) in [5.41, 5.74) is -2.02. The molecular weight excluding hydrogens is 639 g/mol. The lowest BCUT2D eigenvalue weighted by Crippen LogP contribution is -2.55. The number of carbonyl (C=O) groups is 2. The van der Waals surface area contributed by atoms with Gasteiger partial charge in [-0.25, -0.2) is 8.78 Å². The Morgan fingerprint density at radius 2 is 1.87 bits per heavy atom. The molecule has 2 amide bonds. The van der Waals surface area contributed by atoms with E-state index >= 15 is 8.78 Å². The molecule has 0 bridgehead atoms. The maximum atomic E-state index is 15.9. The zero-order valence-corrected chi connectivity index (χ0v) is 27.7. The number of benzene rings is 2. The molecule has 2 aliphatic heterocycles. The molecule has 0 aliphatic carbocycles. The first kappa shape index (κ1) is 36.0. The van der Waals surface area contributed by atoms with E-state index in [1.54, 1.807) is 11.0 Å². The van der Waals surface area contributed by atoms with Crippen molar-refractivity contribution in [2.45, 2.75) is 63.1 Å². The number of nitrogens with one attached hydrogen (secondary N) is 2. The molecule has 0 aromatic heterocycles. The van der Waals surface area contributed by atoms with Gasteiger partial charge >= 0.3 is 0 Å². The molecule has 13 heteroatoms. The summed E-state index contributed by atoms with van der Waals surface area (Å²) in [6, 6.07) is 8.98. The van der Waals surface area contributed by atoms with Crippen LogP contribution in [0.15, 0.2) is 36.4 Å². The van der Waals surface area contributed by atoms with Gasteiger partial charge in [-0.05, 0) is 42.0 Å². The van der Waals surface area contributed by atoms with Crippen LogP contribution in [0.25, 0.3) is 0 Å². The second kappa shape index (κ2) is 14.9. The van der Waals surface area contributed by atoms with Gasteiger partial charge in [-0.2, -0.15) is 5.26 Å². The second-order valence-electron chi connectivity index (χ2n) is 13.3. The van der Waals surface area contributed by atoms with E-state index in [-0.39, 0.29) is 77.6 Å². The van der Waals surface area contributed by atoms with Crippen molar-refractivity contribution in [3.63, 3.8) is 0 Å². The van der Waals surface area contributed by atoms with Crippen molar-refractivity contribution < 1.29 is 28.6 Å². The van der Waals surface area contributed by atoms with Gasteiger partial charge in [0.1, 0.15) is 17.0 Å². The van der Waals surface area contributed by atoms with Crippen LogP contribution in [0.3, 0.4) is 0 Å². The highest BCUT2D eigenvalue weighted by Crippen LogP contribution is 2.53. The first-order chi connectivity index (χ1) is 21.7. The van der Waals surface area contributed by atoms with E-state index in [1.165, 1.54) is 24.3 Å². The lowest BCUT2D eigenvalue weighted by molar-refractivity contribution is -0.135. The molecule has 46 heavy (non-hydrogen) atoms. The van der Waals surface area contributed by atoms with Gasteiger partial charge in [0.2, 0.25) is 11.8 Å². The normalized spacial score (nSPS) is 24.4. The minimum atomic E-state index is -1.71. The van der Waals surface area contributed by atoms with Crippen molar-refractivity contribution in [1.82, 2.24) is 20.4 Å². The summed E-state index contributed by atoms with van der Waals surface area (Å²) in [5.74, 6) is -3.26. The fraction of sp³-hybridized carbons (Fsp3) is 0.545. The third-order valence-electron chi connectivity index (χ3n) is 8.78. The molecule has 2 aromatic rings. The summed E-state index contributed by atoms with van der Waals surface area (Å²) >= 11 is 12.3. The number of halogens is 4. The monoisotopic (exact) mass is 679 g/mol. The second-order valence-corrected chi connectivity index (χ2v) is 14.1. The Balaban J connectivity index is 1.66. The third-order valence-corrected chi connectivity index (χ3v) is 9.30.